The van der Waals surface area contributed by atoms with Gasteiger partial charge in [0.1, 0.15) is 17.0 Å². The predicted octanol–water partition coefficient (Wildman–Crippen LogP) is 5.21. The van der Waals surface area contributed by atoms with Crippen LogP contribution in [0.4, 0.5) is 33.7 Å². The van der Waals surface area contributed by atoms with Crippen molar-refractivity contribution in [2.75, 3.05) is 10.6 Å². The summed E-state index contributed by atoms with van der Waals surface area (Å²) in [5.41, 5.74) is 4.45. The summed E-state index contributed by atoms with van der Waals surface area (Å²) < 4.78 is 55.2. The number of urea groups is 1. The van der Waals surface area contributed by atoms with Gasteiger partial charge in [-0.3, -0.25) is 9.36 Å². The van der Waals surface area contributed by atoms with Crippen LogP contribution in [0.2, 0.25) is 0 Å². The Balaban J connectivity index is 1.70. The summed E-state index contributed by atoms with van der Waals surface area (Å²) >= 11 is 0. The molecule has 11 heteroatoms. The molecule has 0 spiro atoms. The maximum Gasteiger partial charge on any atom is 0.418 e. The summed E-state index contributed by atoms with van der Waals surface area (Å²) in [5, 5.41) is 4.39. The number of nitrogens with one attached hydrogen (secondary N) is 2. The van der Waals surface area contributed by atoms with E-state index in [1.165, 1.54) is 48.5 Å². The van der Waals surface area contributed by atoms with Crippen molar-refractivity contribution >= 4 is 28.3 Å². The van der Waals surface area contributed by atoms with Crippen molar-refractivity contribution in [2.45, 2.75) is 19.1 Å². The number of halogens is 4. The maximum atomic E-state index is 14.4. The van der Waals surface area contributed by atoms with Crippen molar-refractivity contribution in [3.8, 4) is 5.69 Å². The van der Waals surface area contributed by atoms with E-state index < -0.39 is 40.9 Å². The SMILES string of the molecule is CC(N)c1nc2cccc(F)c2c(=O)n1-c1cccc(NC(=O)Nc2ccccc2C(F)(F)F)c1. The Morgan fingerprint density at radius 3 is 2.46 bits per heavy atom. The van der Waals surface area contributed by atoms with E-state index in [0.717, 1.165) is 22.8 Å². The molecule has 0 saturated heterocycles. The Morgan fingerprint density at radius 1 is 1.03 bits per heavy atom. The van der Waals surface area contributed by atoms with Crippen molar-refractivity contribution < 1.29 is 22.4 Å². The Kier molecular flexibility index (Phi) is 6.27. The summed E-state index contributed by atoms with van der Waals surface area (Å²) in [6.07, 6.45) is -4.65. The monoisotopic (exact) mass is 485 g/mol. The van der Waals surface area contributed by atoms with Gasteiger partial charge in [-0.1, -0.05) is 24.3 Å². The first-order valence-corrected chi connectivity index (χ1v) is 10.4. The van der Waals surface area contributed by atoms with Crippen molar-refractivity contribution in [1.29, 1.82) is 0 Å². The molecule has 0 bridgehead atoms. The van der Waals surface area contributed by atoms with Crippen LogP contribution in [0.15, 0.2) is 71.5 Å². The lowest BCUT2D eigenvalue weighted by atomic mass is 10.1. The number of benzene rings is 3. The van der Waals surface area contributed by atoms with Gasteiger partial charge in [-0.2, -0.15) is 13.2 Å². The largest absolute Gasteiger partial charge is 0.418 e. The molecule has 4 rings (SSSR count). The molecule has 1 aromatic heterocycles. The average Bonchev–Trinajstić information content (AvgIpc) is 2.78. The van der Waals surface area contributed by atoms with Gasteiger partial charge in [-0.15, -0.1) is 0 Å². The maximum absolute atomic E-state index is 14.4. The van der Waals surface area contributed by atoms with E-state index in [4.69, 9.17) is 5.73 Å². The van der Waals surface area contributed by atoms with E-state index in [1.807, 2.05) is 0 Å². The molecule has 0 saturated carbocycles. The van der Waals surface area contributed by atoms with Crippen LogP contribution in [0.3, 0.4) is 0 Å². The molecule has 1 unspecified atom stereocenters. The molecule has 7 nitrogen and oxygen atoms in total. The first-order valence-electron chi connectivity index (χ1n) is 10.4. The lowest BCUT2D eigenvalue weighted by Gasteiger charge is -2.17. The van der Waals surface area contributed by atoms with Gasteiger partial charge in [0.2, 0.25) is 0 Å². The lowest BCUT2D eigenvalue weighted by molar-refractivity contribution is -0.136. The average molecular weight is 485 g/mol. The fraction of sp³-hybridized carbons (Fsp3) is 0.125. The minimum atomic E-state index is -4.65. The summed E-state index contributed by atoms with van der Waals surface area (Å²) in [7, 11) is 0. The molecule has 0 aliphatic heterocycles. The zero-order valence-corrected chi connectivity index (χ0v) is 18.2. The van der Waals surface area contributed by atoms with E-state index >= 15 is 0 Å². The summed E-state index contributed by atoms with van der Waals surface area (Å²) in [4.78, 5) is 30.0. The zero-order chi connectivity index (χ0) is 25.3. The Morgan fingerprint density at radius 2 is 1.74 bits per heavy atom. The van der Waals surface area contributed by atoms with Crippen LogP contribution in [-0.2, 0) is 6.18 Å². The standard InChI is InChI=1S/C24H19F4N5O2/c1-13(29)21-31-19-11-5-9-17(25)20(19)22(34)33(21)15-7-4-6-14(12-15)30-23(35)32-18-10-3-2-8-16(18)24(26,27)28/h2-13H,29H2,1H3,(H2,30,32,35). The summed E-state index contributed by atoms with van der Waals surface area (Å²) in [5.74, 6) is -0.587. The molecule has 1 heterocycles. The van der Waals surface area contributed by atoms with Gasteiger partial charge in [0.15, 0.2) is 0 Å². The summed E-state index contributed by atoms with van der Waals surface area (Å²) in [6, 6.07) is 12.9. The first-order chi connectivity index (χ1) is 16.6. The molecule has 4 aromatic rings. The molecule has 35 heavy (non-hydrogen) atoms. The fourth-order valence-electron chi connectivity index (χ4n) is 3.61. The zero-order valence-electron chi connectivity index (χ0n) is 18.2. The molecule has 3 aromatic carbocycles. The number of para-hydroxylation sites is 1. The molecule has 0 aliphatic rings. The van der Waals surface area contributed by atoms with Crippen LogP contribution in [0, 0.1) is 5.82 Å². The highest BCUT2D eigenvalue weighted by Crippen LogP contribution is 2.34. The summed E-state index contributed by atoms with van der Waals surface area (Å²) in [6.45, 7) is 1.61. The Labute approximate surface area is 196 Å². The third kappa shape index (κ3) is 4.85. The van der Waals surface area contributed by atoms with Crippen LogP contribution < -0.4 is 21.9 Å². The normalized spacial score (nSPS) is 12.4. The number of carbonyl (C=O) groups is 1. The van der Waals surface area contributed by atoms with Gasteiger partial charge < -0.3 is 16.4 Å². The smallest absolute Gasteiger partial charge is 0.322 e. The van der Waals surface area contributed by atoms with Gasteiger partial charge in [0.25, 0.3) is 5.56 Å². The van der Waals surface area contributed by atoms with E-state index in [0.29, 0.717) is 0 Å². The van der Waals surface area contributed by atoms with Gasteiger partial charge in [0, 0.05) is 5.69 Å². The number of aromatic nitrogens is 2. The number of amides is 2. The van der Waals surface area contributed by atoms with Crippen molar-refractivity contribution in [2.24, 2.45) is 5.73 Å². The second-order valence-corrected chi connectivity index (χ2v) is 7.71. The number of rotatable bonds is 4. The van der Waals surface area contributed by atoms with Gasteiger partial charge in [-0.05, 0) is 49.4 Å². The second-order valence-electron chi connectivity index (χ2n) is 7.71. The highest BCUT2D eigenvalue weighted by atomic mass is 19.4. The molecular formula is C24H19F4N5O2. The number of alkyl halides is 3. The van der Waals surface area contributed by atoms with Crippen LogP contribution in [0.5, 0.6) is 0 Å². The molecule has 4 N–H and O–H groups in total. The van der Waals surface area contributed by atoms with Crippen LogP contribution in [0.25, 0.3) is 16.6 Å². The Bertz CT molecular complexity index is 1480. The number of hydrogen-bond donors (Lipinski definition) is 3. The Hall–Kier alpha value is -4.25. The van der Waals surface area contributed by atoms with Crippen molar-refractivity contribution in [1.82, 2.24) is 9.55 Å². The van der Waals surface area contributed by atoms with Crippen LogP contribution >= 0.6 is 0 Å². The molecule has 0 fully saturated rings. The highest BCUT2D eigenvalue weighted by Gasteiger charge is 2.33. The number of nitrogens with two attached hydrogens (primary N) is 1. The highest BCUT2D eigenvalue weighted by molar-refractivity contribution is 6.00. The van der Waals surface area contributed by atoms with Gasteiger partial charge in [0.05, 0.1) is 28.5 Å². The van der Waals surface area contributed by atoms with Gasteiger partial charge in [-0.25, -0.2) is 14.2 Å². The van der Waals surface area contributed by atoms with Gasteiger partial charge >= 0.3 is 12.2 Å². The first kappa shape index (κ1) is 23.9. The minimum absolute atomic E-state index is 0.149. The topological polar surface area (TPSA) is 102 Å². The molecule has 0 radical (unpaired) electrons. The number of anilines is 2. The number of hydrogen-bond acceptors (Lipinski definition) is 4. The van der Waals surface area contributed by atoms with Crippen molar-refractivity contribution in [3.05, 3.63) is 94.3 Å². The molecule has 1 atom stereocenters. The van der Waals surface area contributed by atoms with E-state index in [9.17, 15) is 27.2 Å². The number of fused-ring (bicyclic) bond motifs is 1. The minimum Gasteiger partial charge on any atom is -0.322 e. The van der Waals surface area contributed by atoms with Crippen molar-refractivity contribution in [3.63, 3.8) is 0 Å². The quantitative estimate of drug-likeness (QED) is 0.346. The fourth-order valence-corrected chi connectivity index (χ4v) is 3.61. The van der Waals surface area contributed by atoms with Crippen LogP contribution in [-0.4, -0.2) is 15.6 Å². The third-order valence-corrected chi connectivity index (χ3v) is 5.12. The van der Waals surface area contributed by atoms with E-state index in [2.05, 4.69) is 15.6 Å². The predicted molar refractivity (Wildman–Crippen MR) is 124 cm³/mol. The molecular weight excluding hydrogens is 466 g/mol. The number of carbonyl (C=O) groups excluding carboxylic acids is 1. The molecule has 2 amide bonds. The molecule has 180 valence electrons. The third-order valence-electron chi connectivity index (χ3n) is 5.12. The number of nitrogens with zero attached hydrogens (tertiary/aromatic N) is 2. The van der Waals surface area contributed by atoms with E-state index in [1.54, 1.807) is 6.92 Å². The molecule has 0 aliphatic carbocycles. The van der Waals surface area contributed by atoms with Crippen LogP contribution in [0.1, 0.15) is 24.4 Å². The lowest BCUT2D eigenvalue weighted by Crippen LogP contribution is -2.28. The van der Waals surface area contributed by atoms with E-state index in [-0.39, 0.29) is 28.1 Å². The second kappa shape index (κ2) is 9.18.